The summed E-state index contributed by atoms with van der Waals surface area (Å²) in [6.45, 7) is 0.00132. The van der Waals surface area contributed by atoms with Crippen LogP contribution in [0.5, 0.6) is 5.75 Å². The molecule has 1 amide bonds. The summed E-state index contributed by atoms with van der Waals surface area (Å²) in [7, 11) is 1.52. The molecule has 0 saturated carbocycles. The third-order valence-electron chi connectivity index (χ3n) is 2.88. The van der Waals surface area contributed by atoms with Gasteiger partial charge in [0.05, 0.1) is 39.4 Å². The van der Waals surface area contributed by atoms with E-state index in [9.17, 15) is 4.79 Å². The Bertz CT molecular complexity index is 738. The van der Waals surface area contributed by atoms with Gasteiger partial charge in [-0.05, 0) is 30.3 Å². The standard InChI is InChI=1S/C15H12Cl4N2O2/c1-23-14-3-2-8(4-12(14)19)21-15(22)7-20-13-6-10(17)9(16)5-11(13)18/h2-6,20H,7H2,1H3,(H,21,22). The van der Waals surface area contributed by atoms with Crippen molar-refractivity contribution in [1.29, 1.82) is 0 Å². The van der Waals surface area contributed by atoms with Crippen LogP contribution in [0.2, 0.25) is 20.1 Å². The molecule has 2 rings (SSSR count). The minimum atomic E-state index is -0.270. The van der Waals surface area contributed by atoms with Gasteiger partial charge in [-0.15, -0.1) is 0 Å². The number of nitrogens with one attached hydrogen (secondary N) is 2. The number of amides is 1. The molecular weight excluding hydrogens is 382 g/mol. The van der Waals surface area contributed by atoms with Crippen LogP contribution in [0, 0.1) is 0 Å². The van der Waals surface area contributed by atoms with Crippen molar-refractivity contribution in [3.8, 4) is 5.75 Å². The number of carbonyl (C=O) groups excluding carboxylic acids is 1. The average Bonchev–Trinajstić information content (AvgIpc) is 2.50. The maximum absolute atomic E-state index is 12.0. The Balaban J connectivity index is 1.98. The molecule has 2 aromatic carbocycles. The second-order valence-corrected chi connectivity index (χ2v) is 6.13. The lowest BCUT2D eigenvalue weighted by Gasteiger charge is -2.11. The van der Waals surface area contributed by atoms with Crippen molar-refractivity contribution in [2.75, 3.05) is 24.3 Å². The molecule has 2 N–H and O–H groups in total. The fourth-order valence-electron chi connectivity index (χ4n) is 1.78. The van der Waals surface area contributed by atoms with Gasteiger partial charge in [-0.25, -0.2) is 0 Å². The summed E-state index contributed by atoms with van der Waals surface area (Å²) < 4.78 is 5.05. The molecule has 2 aromatic rings. The molecule has 122 valence electrons. The molecule has 0 fully saturated rings. The Kier molecular flexibility index (Phi) is 6.25. The van der Waals surface area contributed by atoms with E-state index in [0.717, 1.165) is 0 Å². The van der Waals surface area contributed by atoms with Crippen molar-refractivity contribution in [3.63, 3.8) is 0 Å². The first-order valence-corrected chi connectivity index (χ1v) is 7.93. The molecule has 0 saturated heterocycles. The number of rotatable bonds is 5. The molecule has 0 aliphatic heterocycles. The molecule has 0 bridgehead atoms. The van der Waals surface area contributed by atoms with Crippen LogP contribution in [0.15, 0.2) is 30.3 Å². The third-order valence-corrected chi connectivity index (χ3v) is 4.22. The van der Waals surface area contributed by atoms with Crippen LogP contribution in [0.1, 0.15) is 0 Å². The van der Waals surface area contributed by atoms with Crippen LogP contribution in [0.4, 0.5) is 11.4 Å². The number of hydrogen-bond acceptors (Lipinski definition) is 3. The van der Waals surface area contributed by atoms with Crippen LogP contribution in [0.25, 0.3) is 0 Å². The van der Waals surface area contributed by atoms with Crippen LogP contribution in [-0.2, 0) is 4.79 Å². The molecule has 0 spiro atoms. The minimum absolute atomic E-state index is 0.00132. The fraction of sp³-hybridized carbons (Fsp3) is 0.133. The lowest BCUT2D eigenvalue weighted by molar-refractivity contribution is -0.114. The number of ether oxygens (including phenoxy) is 1. The van der Waals surface area contributed by atoms with Gasteiger partial charge in [-0.3, -0.25) is 4.79 Å². The zero-order valence-corrected chi connectivity index (χ0v) is 14.9. The van der Waals surface area contributed by atoms with E-state index in [4.69, 9.17) is 51.1 Å². The first-order valence-electron chi connectivity index (χ1n) is 6.42. The predicted octanol–water partition coefficient (Wildman–Crippen LogP) is 5.36. The number of carbonyl (C=O) groups is 1. The van der Waals surface area contributed by atoms with E-state index >= 15 is 0 Å². The highest BCUT2D eigenvalue weighted by atomic mass is 35.5. The zero-order chi connectivity index (χ0) is 17.0. The monoisotopic (exact) mass is 392 g/mol. The van der Waals surface area contributed by atoms with Crippen LogP contribution in [0.3, 0.4) is 0 Å². The summed E-state index contributed by atoms with van der Waals surface area (Å²) >= 11 is 23.8. The molecule has 0 heterocycles. The molecule has 0 radical (unpaired) electrons. The number of anilines is 2. The van der Waals surface area contributed by atoms with Gasteiger partial charge in [0.15, 0.2) is 0 Å². The number of methoxy groups -OCH3 is 1. The number of benzene rings is 2. The Labute approximate surface area is 153 Å². The van der Waals surface area contributed by atoms with Crippen LogP contribution in [-0.4, -0.2) is 19.6 Å². The van der Waals surface area contributed by atoms with Crippen LogP contribution < -0.4 is 15.4 Å². The second kappa shape index (κ2) is 7.97. The summed E-state index contributed by atoms with van der Waals surface area (Å²) in [6.07, 6.45) is 0. The Hall–Kier alpha value is -1.33. The maximum atomic E-state index is 12.0. The predicted molar refractivity (Wildman–Crippen MR) is 96.6 cm³/mol. The highest BCUT2D eigenvalue weighted by Gasteiger charge is 2.09. The molecule has 0 aliphatic rings. The smallest absolute Gasteiger partial charge is 0.243 e. The van der Waals surface area contributed by atoms with Crippen molar-refractivity contribution in [3.05, 3.63) is 50.4 Å². The average molecular weight is 394 g/mol. The molecule has 4 nitrogen and oxygen atoms in total. The fourth-order valence-corrected chi connectivity index (χ4v) is 2.65. The molecule has 0 unspecified atom stereocenters. The Morgan fingerprint density at radius 1 is 1.00 bits per heavy atom. The first-order chi connectivity index (χ1) is 10.9. The van der Waals surface area contributed by atoms with Crippen LogP contribution >= 0.6 is 46.4 Å². The van der Waals surface area contributed by atoms with Crippen molar-refractivity contribution in [2.24, 2.45) is 0 Å². The van der Waals surface area contributed by atoms with Gasteiger partial charge >= 0.3 is 0 Å². The lowest BCUT2D eigenvalue weighted by Crippen LogP contribution is -2.21. The zero-order valence-electron chi connectivity index (χ0n) is 11.9. The van der Waals surface area contributed by atoms with Crippen molar-refractivity contribution < 1.29 is 9.53 Å². The topological polar surface area (TPSA) is 50.4 Å². The minimum Gasteiger partial charge on any atom is -0.495 e. The molecule has 23 heavy (non-hydrogen) atoms. The van der Waals surface area contributed by atoms with E-state index in [2.05, 4.69) is 10.6 Å². The van der Waals surface area contributed by atoms with E-state index in [1.807, 2.05) is 0 Å². The van der Waals surface area contributed by atoms with Crippen molar-refractivity contribution >= 4 is 63.7 Å². The van der Waals surface area contributed by atoms with Gasteiger partial charge in [0, 0.05) is 5.69 Å². The van der Waals surface area contributed by atoms with Gasteiger partial charge in [0.1, 0.15) is 5.75 Å². The van der Waals surface area contributed by atoms with Gasteiger partial charge in [-0.2, -0.15) is 0 Å². The summed E-state index contributed by atoms with van der Waals surface area (Å²) in [4.78, 5) is 12.0. The maximum Gasteiger partial charge on any atom is 0.243 e. The highest BCUT2D eigenvalue weighted by molar-refractivity contribution is 6.44. The largest absolute Gasteiger partial charge is 0.495 e. The SMILES string of the molecule is COc1ccc(NC(=O)CNc2cc(Cl)c(Cl)cc2Cl)cc1Cl. The van der Waals surface area contributed by atoms with E-state index in [1.54, 1.807) is 24.3 Å². The molecule has 0 aliphatic carbocycles. The van der Waals surface area contributed by atoms with Crippen molar-refractivity contribution in [1.82, 2.24) is 0 Å². The quantitative estimate of drug-likeness (QED) is 0.672. The van der Waals surface area contributed by atoms with E-state index in [0.29, 0.717) is 37.2 Å². The van der Waals surface area contributed by atoms with Crippen molar-refractivity contribution in [2.45, 2.75) is 0 Å². The van der Waals surface area contributed by atoms with Gasteiger partial charge in [-0.1, -0.05) is 46.4 Å². The first kappa shape index (κ1) is 18.0. The van der Waals surface area contributed by atoms with E-state index in [-0.39, 0.29) is 12.5 Å². The summed E-state index contributed by atoms with van der Waals surface area (Å²) in [5.41, 5.74) is 1.08. The number of halogens is 4. The Morgan fingerprint density at radius 3 is 2.35 bits per heavy atom. The van der Waals surface area contributed by atoms with E-state index in [1.165, 1.54) is 13.2 Å². The summed E-state index contributed by atoms with van der Waals surface area (Å²) in [5, 5.41) is 7.08. The summed E-state index contributed by atoms with van der Waals surface area (Å²) in [5.74, 6) is 0.263. The second-order valence-electron chi connectivity index (χ2n) is 4.50. The van der Waals surface area contributed by atoms with Gasteiger partial charge < -0.3 is 15.4 Å². The molecule has 8 heteroatoms. The summed E-state index contributed by atoms with van der Waals surface area (Å²) in [6, 6.07) is 8.03. The normalized spacial score (nSPS) is 10.3. The molecule has 0 aromatic heterocycles. The molecule has 0 atom stereocenters. The number of hydrogen-bond donors (Lipinski definition) is 2. The van der Waals surface area contributed by atoms with Gasteiger partial charge in [0.25, 0.3) is 0 Å². The molecular formula is C15H12Cl4N2O2. The Morgan fingerprint density at radius 2 is 1.70 bits per heavy atom. The lowest BCUT2D eigenvalue weighted by atomic mass is 10.3. The van der Waals surface area contributed by atoms with Gasteiger partial charge in [0.2, 0.25) is 5.91 Å². The third kappa shape index (κ3) is 4.82. The highest BCUT2D eigenvalue weighted by Crippen LogP contribution is 2.32. The van der Waals surface area contributed by atoms with E-state index < -0.39 is 0 Å².